The largest absolute Gasteiger partial charge is 0.310 e. The molecule has 2 bridgehead atoms. The van der Waals surface area contributed by atoms with Crippen LogP contribution in [0, 0.1) is 18.4 Å². The summed E-state index contributed by atoms with van der Waals surface area (Å²) in [5, 5.41) is 0. The summed E-state index contributed by atoms with van der Waals surface area (Å²) in [7, 11) is 2.18. The van der Waals surface area contributed by atoms with Crippen LogP contribution in [0.5, 0.6) is 0 Å². The summed E-state index contributed by atoms with van der Waals surface area (Å²) >= 11 is 2.04. The molecule has 2 nitrogen and oxygen atoms in total. The Bertz CT molecular complexity index is 232. The molecule has 0 aliphatic carbocycles. The molecule has 0 spiro atoms. The molecule has 0 N–H and O–H groups in total. The van der Waals surface area contributed by atoms with Gasteiger partial charge < -0.3 is 9.74 Å². The van der Waals surface area contributed by atoms with Crippen LogP contribution in [-0.2, 0) is 0 Å². The van der Waals surface area contributed by atoms with Crippen LogP contribution in [0.1, 0.15) is 6.92 Å². The Labute approximate surface area is 84.5 Å². The van der Waals surface area contributed by atoms with Crippen LogP contribution in [0.15, 0.2) is 0 Å². The van der Waals surface area contributed by atoms with Crippen molar-refractivity contribution in [3.05, 3.63) is 11.4 Å². The Kier molecular flexibility index (Phi) is 2.29. The van der Waals surface area contributed by atoms with Gasteiger partial charge in [-0.1, -0.05) is 0 Å². The highest BCUT2D eigenvalue weighted by molar-refractivity contribution is 7.99. The maximum Gasteiger partial charge on any atom is 0.239 e. The first-order valence-electron chi connectivity index (χ1n) is 4.81. The van der Waals surface area contributed by atoms with Crippen molar-refractivity contribution in [2.45, 2.75) is 12.5 Å². The molecule has 13 heavy (non-hydrogen) atoms. The fourth-order valence-corrected chi connectivity index (χ4v) is 4.10. The van der Waals surface area contributed by atoms with Crippen LogP contribution >= 0.6 is 11.8 Å². The van der Waals surface area contributed by atoms with E-state index in [1.165, 1.54) is 11.5 Å². The number of hydrogen-bond acceptors (Lipinski definition) is 2. The molecule has 72 valence electrons. The van der Waals surface area contributed by atoms with Gasteiger partial charge in [0.15, 0.2) is 0 Å². The summed E-state index contributed by atoms with van der Waals surface area (Å²) in [6, 6.07) is 0. The minimum Gasteiger partial charge on any atom is -0.310 e. The van der Waals surface area contributed by atoms with Gasteiger partial charge >= 0.3 is 0 Å². The van der Waals surface area contributed by atoms with Gasteiger partial charge in [-0.25, -0.2) is 6.57 Å². The molecule has 2 aliphatic rings. The quantitative estimate of drug-likeness (QED) is 0.543. The summed E-state index contributed by atoms with van der Waals surface area (Å²) < 4.78 is 0. The number of hydrogen-bond donors (Lipinski definition) is 0. The Morgan fingerprint density at radius 1 is 1.38 bits per heavy atom. The fraction of sp³-hybridized carbons (Fsp3) is 0.900. The van der Waals surface area contributed by atoms with E-state index < -0.39 is 0 Å². The SMILES string of the molecule is [C-]#[N+]C1(C)C2CSCC1CN(C)C2. The Morgan fingerprint density at radius 2 is 1.92 bits per heavy atom. The smallest absolute Gasteiger partial charge is 0.239 e. The van der Waals surface area contributed by atoms with Crippen molar-refractivity contribution in [3.63, 3.8) is 0 Å². The Hall–Kier alpha value is -0.200. The van der Waals surface area contributed by atoms with Crippen LogP contribution in [0.4, 0.5) is 0 Å². The highest BCUT2D eigenvalue weighted by Crippen LogP contribution is 2.43. The van der Waals surface area contributed by atoms with Crippen molar-refractivity contribution in [2.24, 2.45) is 11.8 Å². The topological polar surface area (TPSA) is 7.60 Å². The molecule has 0 aromatic heterocycles. The van der Waals surface area contributed by atoms with Crippen molar-refractivity contribution in [2.75, 3.05) is 31.6 Å². The average Bonchev–Trinajstić information content (AvgIpc) is 2.08. The van der Waals surface area contributed by atoms with Gasteiger partial charge in [-0.3, -0.25) is 0 Å². The molecular weight excluding hydrogens is 180 g/mol. The number of likely N-dealkylation sites (tertiary alicyclic amines) is 1. The van der Waals surface area contributed by atoms with E-state index in [4.69, 9.17) is 6.57 Å². The van der Waals surface area contributed by atoms with Gasteiger partial charge in [-0.05, 0) is 7.05 Å². The minimum atomic E-state index is -0.0578. The van der Waals surface area contributed by atoms with Gasteiger partial charge in [0.2, 0.25) is 5.54 Å². The maximum absolute atomic E-state index is 7.36. The highest BCUT2D eigenvalue weighted by Gasteiger charge is 2.53. The molecule has 0 aromatic rings. The van der Waals surface area contributed by atoms with Crippen molar-refractivity contribution in [1.29, 1.82) is 0 Å². The van der Waals surface area contributed by atoms with Crippen LogP contribution in [0.3, 0.4) is 0 Å². The lowest BCUT2D eigenvalue weighted by Crippen LogP contribution is -2.57. The van der Waals surface area contributed by atoms with Crippen molar-refractivity contribution >= 4 is 11.8 Å². The number of nitrogens with zero attached hydrogens (tertiary/aromatic N) is 2. The average molecular weight is 196 g/mol. The van der Waals surface area contributed by atoms with E-state index in [9.17, 15) is 0 Å². The second-order valence-corrected chi connectivity index (χ2v) is 5.57. The molecule has 0 aromatic carbocycles. The van der Waals surface area contributed by atoms with Crippen molar-refractivity contribution < 1.29 is 0 Å². The third-order valence-corrected chi connectivity index (χ3v) is 4.87. The molecule has 2 rings (SSSR count). The van der Waals surface area contributed by atoms with Gasteiger partial charge in [-0.2, -0.15) is 11.8 Å². The van der Waals surface area contributed by atoms with Gasteiger partial charge in [0.1, 0.15) is 0 Å². The number of fused-ring (bicyclic) bond motifs is 2. The summed E-state index contributed by atoms with van der Waals surface area (Å²) in [5.74, 6) is 3.54. The number of piperidine rings is 1. The zero-order valence-electron chi connectivity index (χ0n) is 8.29. The first-order chi connectivity index (χ1) is 6.16. The zero-order chi connectivity index (χ0) is 9.47. The van der Waals surface area contributed by atoms with Crippen molar-refractivity contribution in [1.82, 2.24) is 4.90 Å². The Balaban J connectivity index is 2.25. The standard InChI is InChI=1S/C10H16N2S/c1-10(11-2)8-4-12(3)5-9(10)7-13-6-8/h8-9H,4-7H2,1,3H3. The lowest BCUT2D eigenvalue weighted by Gasteiger charge is -2.45. The fourth-order valence-electron chi connectivity index (χ4n) is 2.51. The predicted octanol–water partition coefficient (Wildman–Crippen LogP) is 1.59. The van der Waals surface area contributed by atoms with E-state index in [1.807, 2.05) is 11.8 Å². The normalized spacial score (nSPS) is 45.6. The molecule has 2 aliphatic heterocycles. The monoisotopic (exact) mass is 196 g/mol. The molecule has 2 fully saturated rings. The lowest BCUT2D eigenvalue weighted by molar-refractivity contribution is 0.106. The van der Waals surface area contributed by atoms with E-state index >= 15 is 0 Å². The Morgan fingerprint density at radius 3 is 2.38 bits per heavy atom. The third-order valence-electron chi connectivity index (χ3n) is 3.60. The molecular formula is C10H16N2S. The van der Waals surface area contributed by atoms with Crippen LogP contribution in [0.2, 0.25) is 0 Å². The van der Waals surface area contributed by atoms with Gasteiger partial charge in [0.25, 0.3) is 0 Å². The van der Waals surface area contributed by atoms with Gasteiger partial charge in [0.05, 0.1) is 11.8 Å². The molecule has 3 heteroatoms. The second kappa shape index (κ2) is 3.18. The molecule has 2 heterocycles. The van der Waals surface area contributed by atoms with E-state index in [2.05, 4.69) is 23.7 Å². The van der Waals surface area contributed by atoms with Crippen molar-refractivity contribution in [3.8, 4) is 0 Å². The zero-order valence-corrected chi connectivity index (χ0v) is 9.10. The van der Waals surface area contributed by atoms with E-state index in [0.29, 0.717) is 11.8 Å². The van der Waals surface area contributed by atoms with Crippen LogP contribution < -0.4 is 0 Å². The third kappa shape index (κ3) is 1.37. The second-order valence-electron chi connectivity index (χ2n) is 4.49. The summed E-state index contributed by atoms with van der Waals surface area (Å²) in [5.41, 5.74) is -0.0578. The van der Waals surface area contributed by atoms with E-state index in [1.54, 1.807) is 0 Å². The summed E-state index contributed by atoms with van der Waals surface area (Å²) in [4.78, 5) is 6.30. The van der Waals surface area contributed by atoms with Gasteiger partial charge in [0, 0.05) is 31.5 Å². The van der Waals surface area contributed by atoms with Crippen LogP contribution in [-0.4, -0.2) is 42.1 Å². The van der Waals surface area contributed by atoms with Crippen LogP contribution in [0.25, 0.3) is 4.85 Å². The summed E-state index contributed by atoms with van der Waals surface area (Å²) in [6.45, 7) is 11.8. The number of thioether (sulfide) groups is 1. The number of rotatable bonds is 0. The lowest BCUT2D eigenvalue weighted by atomic mass is 9.73. The van der Waals surface area contributed by atoms with E-state index in [0.717, 1.165) is 13.1 Å². The molecule has 0 saturated carbocycles. The molecule has 0 radical (unpaired) electrons. The first kappa shape index (κ1) is 9.36. The van der Waals surface area contributed by atoms with Gasteiger partial charge in [-0.15, -0.1) is 0 Å². The highest BCUT2D eigenvalue weighted by atomic mass is 32.2. The molecule has 2 atom stereocenters. The predicted molar refractivity (Wildman–Crippen MR) is 56.8 cm³/mol. The molecule has 2 unspecified atom stereocenters. The minimum absolute atomic E-state index is 0.0578. The summed E-state index contributed by atoms with van der Waals surface area (Å²) in [6.07, 6.45) is 0. The molecule has 0 amide bonds. The van der Waals surface area contributed by atoms with E-state index in [-0.39, 0.29) is 5.54 Å². The first-order valence-corrected chi connectivity index (χ1v) is 5.97. The molecule has 2 saturated heterocycles. The maximum atomic E-state index is 7.36.